The van der Waals surface area contributed by atoms with Crippen LogP contribution in [0.15, 0.2) is 0 Å². The summed E-state index contributed by atoms with van der Waals surface area (Å²) in [5.41, 5.74) is -4.56. The number of nitrogens with zero attached hydrogens (tertiary/aromatic N) is 1. The number of rotatable bonds is 2. The summed E-state index contributed by atoms with van der Waals surface area (Å²) in [6.07, 6.45) is -11.7. The lowest BCUT2D eigenvalue weighted by Crippen LogP contribution is -2.65. The first-order chi connectivity index (χ1) is 8.34. The van der Waals surface area contributed by atoms with Gasteiger partial charge < -0.3 is 4.74 Å². The number of halogens is 6. The highest BCUT2D eigenvalue weighted by Gasteiger charge is 2.80. The van der Waals surface area contributed by atoms with Crippen LogP contribution in [0.25, 0.3) is 0 Å². The van der Waals surface area contributed by atoms with Gasteiger partial charge in [0.15, 0.2) is 0 Å². The van der Waals surface area contributed by atoms with Crippen LogP contribution >= 0.6 is 0 Å². The number of hydrogen-bond donors (Lipinski definition) is 0. The molecule has 0 amide bonds. The third-order valence-corrected chi connectivity index (χ3v) is 2.95. The molecule has 0 aromatic rings. The minimum absolute atomic E-state index is 0.0741. The highest BCUT2D eigenvalue weighted by atomic mass is 19.4. The third kappa shape index (κ3) is 2.39. The molecule has 9 heteroatoms. The van der Waals surface area contributed by atoms with Crippen LogP contribution in [0.1, 0.15) is 20.3 Å². The molecule has 1 aliphatic heterocycles. The third-order valence-electron chi connectivity index (χ3n) is 2.95. The van der Waals surface area contributed by atoms with E-state index in [1.807, 2.05) is 0 Å². The summed E-state index contributed by atoms with van der Waals surface area (Å²) in [6.45, 7) is 3.17. The molecule has 0 spiro atoms. The lowest BCUT2D eigenvalue weighted by atomic mass is 10.0. The summed E-state index contributed by atoms with van der Waals surface area (Å²) in [6, 6.07) is -1.57. The number of cyclic esters (lactones) is 1. The van der Waals surface area contributed by atoms with Gasteiger partial charge in [-0.2, -0.15) is 26.3 Å². The normalized spacial score (nSPS) is 24.9. The molecule has 0 aromatic carbocycles. The monoisotopic (exact) mass is 293 g/mol. The van der Waals surface area contributed by atoms with Gasteiger partial charge in [-0.3, -0.25) is 4.79 Å². The Morgan fingerprint density at radius 2 is 1.63 bits per heavy atom. The largest absolute Gasteiger partial charge is 0.453 e. The fourth-order valence-electron chi connectivity index (χ4n) is 2.04. The zero-order valence-electron chi connectivity index (χ0n) is 10.4. The van der Waals surface area contributed by atoms with Gasteiger partial charge in [0.05, 0.1) is 0 Å². The van der Waals surface area contributed by atoms with E-state index in [9.17, 15) is 31.1 Å². The standard InChI is InChI=1S/C10H13F6NO2/c1-5(2)4-6-7(18)19-8(17(6)3,9(11,12)13)10(14,15)16/h5-6H,4H2,1-3H3/t6-/m0/s1. The van der Waals surface area contributed by atoms with Crippen molar-refractivity contribution in [2.24, 2.45) is 5.92 Å². The van der Waals surface area contributed by atoms with Crippen molar-refractivity contribution < 1.29 is 35.9 Å². The van der Waals surface area contributed by atoms with Gasteiger partial charge in [-0.05, 0) is 19.4 Å². The topological polar surface area (TPSA) is 29.5 Å². The van der Waals surface area contributed by atoms with Crippen LogP contribution in [0, 0.1) is 5.92 Å². The SMILES string of the molecule is CC(C)C[C@H]1C(=O)OC(C(F)(F)F)(C(F)(F)F)N1C. The molecule has 1 aliphatic rings. The first kappa shape index (κ1) is 16.1. The Morgan fingerprint density at radius 3 is 1.89 bits per heavy atom. The first-order valence-corrected chi connectivity index (χ1v) is 5.44. The van der Waals surface area contributed by atoms with Crippen LogP contribution in [0.3, 0.4) is 0 Å². The van der Waals surface area contributed by atoms with E-state index in [0.717, 1.165) is 0 Å². The van der Waals surface area contributed by atoms with E-state index in [2.05, 4.69) is 4.74 Å². The van der Waals surface area contributed by atoms with Gasteiger partial charge in [0.25, 0.3) is 0 Å². The molecule has 1 saturated heterocycles. The van der Waals surface area contributed by atoms with Gasteiger partial charge in [-0.1, -0.05) is 13.8 Å². The molecule has 0 N–H and O–H groups in total. The Labute approximate surface area is 105 Å². The summed E-state index contributed by atoms with van der Waals surface area (Å²) in [7, 11) is 0.596. The lowest BCUT2D eigenvalue weighted by Gasteiger charge is -2.37. The second-order valence-corrected chi connectivity index (χ2v) is 4.82. The maximum absolute atomic E-state index is 12.8. The second-order valence-electron chi connectivity index (χ2n) is 4.82. The minimum Gasteiger partial charge on any atom is -0.423 e. The number of alkyl halides is 6. The van der Waals surface area contributed by atoms with E-state index in [0.29, 0.717) is 7.05 Å². The average molecular weight is 293 g/mol. The molecule has 1 fully saturated rings. The number of esters is 1. The lowest BCUT2D eigenvalue weighted by molar-refractivity contribution is -0.398. The zero-order valence-corrected chi connectivity index (χ0v) is 10.4. The average Bonchev–Trinajstić information content (AvgIpc) is 2.40. The van der Waals surface area contributed by atoms with E-state index >= 15 is 0 Å². The maximum Gasteiger partial charge on any atom is 0.453 e. The molecule has 19 heavy (non-hydrogen) atoms. The Morgan fingerprint density at radius 1 is 1.21 bits per heavy atom. The molecule has 1 rings (SSSR count). The van der Waals surface area contributed by atoms with Crippen molar-refractivity contribution in [2.75, 3.05) is 7.05 Å². The Bertz CT molecular complexity index is 348. The van der Waals surface area contributed by atoms with E-state index in [-0.39, 0.29) is 17.2 Å². The van der Waals surface area contributed by atoms with Gasteiger partial charge in [0, 0.05) is 0 Å². The number of carbonyl (C=O) groups is 1. The van der Waals surface area contributed by atoms with Gasteiger partial charge in [-0.15, -0.1) is 0 Å². The van der Waals surface area contributed by atoms with Gasteiger partial charge in [0.1, 0.15) is 6.04 Å². The molecule has 1 heterocycles. The van der Waals surface area contributed by atoms with Crippen molar-refractivity contribution in [2.45, 2.75) is 44.4 Å². The maximum atomic E-state index is 12.8. The number of carbonyl (C=O) groups excluding carboxylic acids is 1. The van der Waals surface area contributed by atoms with Gasteiger partial charge in [-0.25, -0.2) is 4.90 Å². The number of hydrogen-bond acceptors (Lipinski definition) is 3. The van der Waals surface area contributed by atoms with Crippen LogP contribution in [0.5, 0.6) is 0 Å². The van der Waals surface area contributed by atoms with E-state index in [1.165, 1.54) is 0 Å². The highest BCUT2D eigenvalue weighted by Crippen LogP contribution is 2.51. The van der Waals surface area contributed by atoms with Gasteiger partial charge in [0.2, 0.25) is 0 Å². The van der Waals surface area contributed by atoms with E-state index in [1.54, 1.807) is 13.8 Å². The zero-order chi connectivity index (χ0) is 15.2. The van der Waals surface area contributed by atoms with Crippen molar-refractivity contribution in [3.8, 4) is 0 Å². The number of ether oxygens (including phenoxy) is 1. The van der Waals surface area contributed by atoms with Crippen molar-refractivity contribution in [3.63, 3.8) is 0 Å². The van der Waals surface area contributed by atoms with E-state index in [4.69, 9.17) is 0 Å². The molecule has 0 aliphatic carbocycles. The Hall–Kier alpha value is -0.990. The van der Waals surface area contributed by atoms with Gasteiger partial charge >= 0.3 is 24.0 Å². The Kier molecular flexibility index (Phi) is 3.83. The molecule has 112 valence electrons. The van der Waals surface area contributed by atoms with Crippen LogP contribution in [0.2, 0.25) is 0 Å². The summed E-state index contributed by atoms with van der Waals surface area (Å²) in [4.78, 5) is 11.3. The van der Waals surface area contributed by atoms with Crippen LogP contribution in [0.4, 0.5) is 26.3 Å². The predicted molar refractivity (Wildman–Crippen MR) is 51.9 cm³/mol. The molecule has 0 aromatic heterocycles. The minimum atomic E-state index is -5.76. The second kappa shape index (κ2) is 4.53. The molecule has 0 saturated carbocycles. The van der Waals surface area contributed by atoms with Crippen molar-refractivity contribution in [1.29, 1.82) is 0 Å². The predicted octanol–water partition coefficient (Wildman–Crippen LogP) is 2.71. The van der Waals surface area contributed by atoms with Crippen LogP contribution in [-0.4, -0.2) is 42.0 Å². The summed E-state index contributed by atoms with van der Waals surface area (Å²) < 4.78 is 80.6. The molecule has 0 unspecified atom stereocenters. The Balaban J connectivity index is 3.27. The summed E-state index contributed by atoms with van der Waals surface area (Å²) in [5, 5.41) is 0. The first-order valence-electron chi connectivity index (χ1n) is 5.44. The fourth-order valence-corrected chi connectivity index (χ4v) is 2.04. The molecular weight excluding hydrogens is 280 g/mol. The van der Waals surface area contributed by atoms with Crippen LogP contribution < -0.4 is 0 Å². The fraction of sp³-hybridized carbons (Fsp3) is 0.900. The molecule has 0 bridgehead atoms. The molecular formula is C10H13F6NO2. The van der Waals surface area contributed by atoms with Crippen LogP contribution in [-0.2, 0) is 9.53 Å². The summed E-state index contributed by atoms with van der Waals surface area (Å²) >= 11 is 0. The smallest absolute Gasteiger partial charge is 0.423 e. The highest BCUT2D eigenvalue weighted by molar-refractivity contribution is 5.78. The summed E-state index contributed by atoms with van der Waals surface area (Å²) in [5.74, 6) is -1.76. The molecule has 0 radical (unpaired) electrons. The van der Waals surface area contributed by atoms with Crippen molar-refractivity contribution in [3.05, 3.63) is 0 Å². The van der Waals surface area contributed by atoms with Crippen molar-refractivity contribution in [1.82, 2.24) is 4.90 Å². The quantitative estimate of drug-likeness (QED) is 0.579. The number of likely N-dealkylation sites (N-methyl/N-ethyl adjacent to an activating group) is 1. The molecule has 3 nitrogen and oxygen atoms in total. The van der Waals surface area contributed by atoms with Crippen molar-refractivity contribution >= 4 is 5.97 Å². The van der Waals surface area contributed by atoms with E-state index < -0.39 is 30.1 Å². The molecule has 1 atom stereocenters.